The van der Waals surface area contributed by atoms with E-state index < -0.39 is 0 Å². The highest BCUT2D eigenvalue weighted by molar-refractivity contribution is 7.80. The maximum atomic E-state index is 5.33. The van der Waals surface area contributed by atoms with Gasteiger partial charge < -0.3 is 10.6 Å². The Morgan fingerprint density at radius 3 is 2.73 bits per heavy atom. The molecule has 2 N–H and O–H groups in total. The van der Waals surface area contributed by atoms with Crippen molar-refractivity contribution in [3.05, 3.63) is 0 Å². The van der Waals surface area contributed by atoms with Crippen molar-refractivity contribution in [2.24, 2.45) is 11.8 Å². The Labute approximate surface area is 98.2 Å². The van der Waals surface area contributed by atoms with Gasteiger partial charge in [-0.2, -0.15) is 0 Å². The molecule has 2 rings (SSSR count). The van der Waals surface area contributed by atoms with E-state index in [-0.39, 0.29) is 0 Å². The second-order valence-electron chi connectivity index (χ2n) is 5.21. The first-order chi connectivity index (χ1) is 7.19. The van der Waals surface area contributed by atoms with Crippen molar-refractivity contribution in [2.45, 2.75) is 58.0 Å². The molecule has 0 spiro atoms. The molecule has 0 heterocycles. The van der Waals surface area contributed by atoms with Gasteiger partial charge >= 0.3 is 0 Å². The molecule has 2 bridgehead atoms. The van der Waals surface area contributed by atoms with Crippen molar-refractivity contribution in [1.29, 1.82) is 0 Å². The molecule has 0 aliphatic heterocycles. The zero-order chi connectivity index (χ0) is 10.8. The van der Waals surface area contributed by atoms with Crippen LogP contribution in [-0.4, -0.2) is 17.2 Å². The van der Waals surface area contributed by atoms with Crippen LogP contribution < -0.4 is 10.6 Å². The van der Waals surface area contributed by atoms with E-state index >= 15 is 0 Å². The fraction of sp³-hybridized carbons (Fsp3) is 0.917. The number of nitrogens with one attached hydrogen (secondary N) is 2. The molecular weight excluding hydrogens is 204 g/mol. The molecule has 0 amide bonds. The van der Waals surface area contributed by atoms with Gasteiger partial charge in [0.25, 0.3) is 0 Å². The molecule has 15 heavy (non-hydrogen) atoms. The highest BCUT2D eigenvalue weighted by Crippen LogP contribution is 2.44. The van der Waals surface area contributed by atoms with Crippen LogP contribution in [0.3, 0.4) is 0 Å². The van der Waals surface area contributed by atoms with E-state index in [2.05, 4.69) is 24.5 Å². The Balaban J connectivity index is 1.75. The molecular formula is C12H22N2S. The Morgan fingerprint density at radius 2 is 2.20 bits per heavy atom. The summed E-state index contributed by atoms with van der Waals surface area (Å²) >= 11 is 5.33. The molecule has 0 radical (unpaired) electrons. The van der Waals surface area contributed by atoms with Gasteiger partial charge in [0.1, 0.15) is 0 Å². The lowest BCUT2D eigenvalue weighted by Crippen LogP contribution is -2.46. The number of hydrogen-bond acceptors (Lipinski definition) is 1. The molecule has 4 atom stereocenters. The van der Waals surface area contributed by atoms with E-state index in [9.17, 15) is 0 Å². The molecule has 0 aromatic carbocycles. The average Bonchev–Trinajstić information content (AvgIpc) is 2.78. The molecule has 86 valence electrons. The van der Waals surface area contributed by atoms with Gasteiger partial charge in [-0.05, 0) is 56.7 Å². The van der Waals surface area contributed by atoms with Crippen molar-refractivity contribution >= 4 is 17.3 Å². The van der Waals surface area contributed by atoms with E-state index in [0.29, 0.717) is 12.1 Å². The lowest BCUT2D eigenvalue weighted by molar-refractivity contribution is 0.388. The normalized spacial score (nSPS) is 35.2. The second-order valence-corrected chi connectivity index (χ2v) is 5.62. The van der Waals surface area contributed by atoms with Gasteiger partial charge in [-0.3, -0.25) is 0 Å². The molecule has 2 aliphatic carbocycles. The first-order valence-electron chi connectivity index (χ1n) is 6.26. The van der Waals surface area contributed by atoms with Crippen LogP contribution in [0.5, 0.6) is 0 Å². The predicted molar refractivity (Wildman–Crippen MR) is 67.9 cm³/mol. The Morgan fingerprint density at radius 1 is 1.40 bits per heavy atom. The van der Waals surface area contributed by atoms with Gasteiger partial charge in [-0.15, -0.1) is 0 Å². The first kappa shape index (κ1) is 11.2. The van der Waals surface area contributed by atoms with E-state index in [1.54, 1.807) is 0 Å². The largest absolute Gasteiger partial charge is 0.360 e. The van der Waals surface area contributed by atoms with Gasteiger partial charge in [-0.25, -0.2) is 0 Å². The van der Waals surface area contributed by atoms with Crippen LogP contribution in [-0.2, 0) is 0 Å². The summed E-state index contributed by atoms with van der Waals surface area (Å²) in [5.41, 5.74) is 0. The molecule has 2 saturated carbocycles. The van der Waals surface area contributed by atoms with Crippen LogP contribution in [0.4, 0.5) is 0 Å². The van der Waals surface area contributed by atoms with Crippen LogP contribution >= 0.6 is 12.2 Å². The van der Waals surface area contributed by atoms with Crippen molar-refractivity contribution < 1.29 is 0 Å². The van der Waals surface area contributed by atoms with Crippen LogP contribution in [0.25, 0.3) is 0 Å². The van der Waals surface area contributed by atoms with E-state index in [4.69, 9.17) is 12.2 Å². The van der Waals surface area contributed by atoms with Gasteiger partial charge in [-0.1, -0.05) is 13.3 Å². The zero-order valence-corrected chi connectivity index (χ0v) is 10.6. The van der Waals surface area contributed by atoms with Gasteiger partial charge in [0.15, 0.2) is 5.11 Å². The highest BCUT2D eigenvalue weighted by Gasteiger charge is 2.39. The van der Waals surface area contributed by atoms with Crippen molar-refractivity contribution in [2.75, 3.05) is 0 Å². The topological polar surface area (TPSA) is 24.1 Å². The molecule has 3 heteroatoms. The van der Waals surface area contributed by atoms with Gasteiger partial charge in [0, 0.05) is 12.1 Å². The minimum atomic E-state index is 0.489. The summed E-state index contributed by atoms with van der Waals surface area (Å²) in [5, 5.41) is 7.69. The van der Waals surface area contributed by atoms with Crippen molar-refractivity contribution in [1.82, 2.24) is 10.6 Å². The molecule has 0 aromatic heterocycles. The van der Waals surface area contributed by atoms with Gasteiger partial charge in [0.2, 0.25) is 0 Å². The Bertz CT molecular complexity index is 242. The number of fused-ring (bicyclic) bond motifs is 2. The van der Waals surface area contributed by atoms with Crippen molar-refractivity contribution in [3.63, 3.8) is 0 Å². The molecule has 4 unspecified atom stereocenters. The van der Waals surface area contributed by atoms with Crippen LogP contribution in [0.1, 0.15) is 46.0 Å². The molecule has 0 saturated heterocycles. The molecule has 2 nitrogen and oxygen atoms in total. The minimum absolute atomic E-state index is 0.489. The van der Waals surface area contributed by atoms with E-state index in [0.717, 1.165) is 23.4 Å². The smallest absolute Gasteiger partial charge is 0.166 e. The minimum Gasteiger partial charge on any atom is -0.360 e. The third-order valence-electron chi connectivity index (χ3n) is 4.04. The van der Waals surface area contributed by atoms with Crippen molar-refractivity contribution in [3.8, 4) is 0 Å². The summed E-state index contributed by atoms with van der Waals surface area (Å²) in [7, 11) is 0. The second kappa shape index (κ2) is 4.69. The highest BCUT2D eigenvalue weighted by atomic mass is 32.1. The SMILES string of the molecule is CCC(C)NC(=S)NC1CC2CCC1C2. The third kappa shape index (κ3) is 2.63. The molecule has 2 aliphatic rings. The molecule has 2 fully saturated rings. The maximum absolute atomic E-state index is 5.33. The predicted octanol–water partition coefficient (Wildman–Crippen LogP) is 2.44. The molecule has 0 aromatic rings. The number of hydrogen-bond donors (Lipinski definition) is 2. The van der Waals surface area contributed by atoms with Gasteiger partial charge in [0.05, 0.1) is 0 Å². The third-order valence-corrected chi connectivity index (χ3v) is 4.28. The quantitative estimate of drug-likeness (QED) is 0.723. The van der Waals surface area contributed by atoms with Crippen LogP contribution in [0, 0.1) is 11.8 Å². The lowest BCUT2D eigenvalue weighted by atomic mass is 9.95. The van der Waals surface area contributed by atoms with E-state index in [1.165, 1.54) is 25.7 Å². The Kier molecular flexibility index (Phi) is 3.49. The van der Waals surface area contributed by atoms with Crippen LogP contribution in [0.15, 0.2) is 0 Å². The summed E-state index contributed by atoms with van der Waals surface area (Å²) < 4.78 is 0. The summed E-state index contributed by atoms with van der Waals surface area (Å²) in [6.45, 7) is 4.35. The monoisotopic (exact) mass is 226 g/mol. The lowest BCUT2D eigenvalue weighted by Gasteiger charge is -2.25. The summed E-state index contributed by atoms with van der Waals surface area (Å²) in [4.78, 5) is 0. The Hall–Kier alpha value is -0.310. The number of rotatable bonds is 3. The van der Waals surface area contributed by atoms with Crippen LogP contribution in [0.2, 0.25) is 0 Å². The summed E-state index contributed by atoms with van der Waals surface area (Å²) in [6, 6.07) is 1.15. The zero-order valence-electron chi connectivity index (χ0n) is 9.75. The average molecular weight is 226 g/mol. The fourth-order valence-corrected chi connectivity index (χ4v) is 3.31. The standard InChI is InChI=1S/C12H22N2S/c1-3-8(2)13-12(15)14-11-7-9-4-5-10(11)6-9/h8-11H,3-7H2,1-2H3,(H2,13,14,15). The fourth-order valence-electron chi connectivity index (χ4n) is 2.96. The van der Waals surface area contributed by atoms with E-state index in [1.807, 2.05) is 0 Å². The summed E-state index contributed by atoms with van der Waals surface area (Å²) in [6.07, 6.45) is 6.76. The number of thiocarbonyl (C=S) groups is 1. The summed E-state index contributed by atoms with van der Waals surface area (Å²) in [5.74, 6) is 1.88. The maximum Gasteiger partial charge on any atom is 0.166 e. The first-order valence-corrected chi connectivity index (χ1v) is 6.67.